The average molecular weight is 476 g/mol. The summed E-state index contributed by atoms with van der Waals surface area (Å²) in [6, 6.07) is 25.5. The maximum Gasteiger partial charge on any atom is 0.238 e. The van der Waals surface area contributed by atoms with Crippen LogP contribution in [0.4, 0.5) is 11.6 Å². The highest BCUT2D eigenvalue weighted by Crippen LogP contribution is 2.23. The summed E-state index contributed by atoms with van der Waals surface area (Å²) < 4.78 is 28.6. The molecule has 0 aliphatic carbocycles. The molecule has 9 heteroatoms. The second-order valence-corrected chi connectivity index (χ2v) is 9.31. The van der Waals surface area contributed by atoms with E-state index in [9.17, 15) is 8.42 Å². The van der Waals surface area contributed by atoms with Crippen LogP contribution in [0.3, 0.4) is 0 Å². The number of aromatic nitrogens is 2. The van der Waals surface area contributed by atoms with Crippen LogP contribution >= 0.6 is 0 Å². The Bertz CT molecular complexity index is 1330. The minimum absolute atomic E-state index is 0.0380. The summed E-state index contributed by atoms with van der Waals surface area (Å²) in [5.41, 5.74) is 9.65. The SMILES string of the molecule is N[C@H](COc1ccc(-c2ccnc(Nc3ccc(S(N)(=O)=O)cc3)n2)cc1)Cc1ccccc1. The summed E-state index contributed by atoms with van der Waals surface area (Å²) >= 11 is 0. The number of anilines is 2. The van der Waals surface area contributed by atoms with Gasteiger partial charge in [-0.2, -0.15) is 0 Å². The molecule has 1 heterocycles. The van der Waals surface area contributed by atoms with Crippen molar-refractivity contribution >= 4 is 21.7 Å². The van der Waals surface area contributed by atoms with E-state index in [0.29, 0.717) is 18.2 Å². The number of hydrogen-bond acceptors (Lipinski definition) is 7. The van der Waals surface area contributed by atoms with Gasteiger partial charge in [0.1, 0.15) is 12.4 Å². The Balaban J connectivity index is 1.37. The lowest BCUT2D eigenvalue weighted by Gasteiger charge is -2.13. The summed E-state index contributed by atoms with van der Waals surface area (Å²) in [5.74, 6) is 1.11. The first-order chi connectivity index (χ1) is 16.4. The topological polar surface area (TPSA) is 133 Å². The van der Waals surface area contributed by atoms with Crippen molar-refractivity contribution in [3.8, 4) is 17.0 Å². The van der Waals surface area contributed by atoms with Crippen LogP contribution in [-0.4, -0.2) is 31.0 Å². The van der Waals surface area contributed by atoms with Gasteiger partial charge in [-0.3, -0.25) is 0 Å². The number of ether oxygens (including phenoxy) is 1. The molecule has 5 N–H and O–H groups in total. The third kappa shape index (κ3) is 6.38. The fourth-order valence-electron chi connectivity index (χ4n) is 3.34. The van der Waals surface area contributed by atoms with Gasteiger partial charge >= 0.3 is 0 Å². The molecule has 0 saturated carbocycles. The average Bonchev–Trinajstić information content (AvgIpc) is 2.84. The van der Waals surface area contributed by atoms with Crippen molar-refractivity contribution in [3.63, 3.8) is 0 Å². The van der Waals surface area contributed by atoms with Crippen LogP contribution < -0.4 is 20.9 Å². The molecule has 8 nitrogen and oxygen atoms in total. The van der Waals surface area contributed by atoms with Crippen LogP contribution in [0.25, 0.3) is 11.3 Å². The van der Waals surface area contributed by atoms with E-state index >= 15 is 0 Å². The molecule has 1 atom stereocenters. The molecule has 0 radical (unpaired) electrons. The number of nitrogens with one attached hydrogen (secondary N) is 1. The molecular formula is C25H25N5O3S. The zero-order valence-corrected chi connectivity index (χ0v) is 19.2. The lowest BCUT2D eigenvalue weighted by molar-refractivity contribution is 0.287. The summed E-state index contributed by atoms with van der Waals surface area (Å²) in [7, 11) is -3.74. The van der Waals surface area contributed by atoms with Gasteiger partial charge in [0.25, 0.3) is 0 Å². The summed E-state index contributed by atoms with van der Waals surface area (Å²) in [6.07, 6.45) is 2.40. The second kappa shape index (κ2) is 10.4. The molecule has 0 saturated heterocycles. The molecule has 34 heavy (non-hydrogen) atoms. The summed E-state index contributed by atoms with van der Waals surface area (Å²) in [4.78, 5) is 8.80. The smallest absolute Gasteiger partial charge is 0.238 e. The van der Waals surface area contributed by atoms with E-state index in [4.69, 9.17) is 15.6 Å². The minimum Gasteiger partial charge on any atom is -0.492 e. The van der Waals surface area contributed by atoms with Crippen LogP contribution in [-0.2, 0) is 16.4 Å². The monoisotopic (exact) mass is 475 g/mol. The van der Waals surface area contributed by atoms with Crippen LogP contribution in [0.15, 0.2) is 96.0 Å². The summed E-state index contributed by atoms with van der Waals surface area (Å²) in [6.45, 7) is 0.417. The number of sulfonamides is 1. The Morgan fingerprint density at radius 1 is 0.912 bits per heavy atom. The highest BCUT2D eigenvalue weighted by molar-refractivity contribution is 7.89. The van der Waals surface area contributed by atoms with Gasteiger partial charge in [-0.1, -0.05) is 30.3 Å². The molecule has 4 rings (SSSR count). The first kappa shape index (κ1) is 23.4. The second-order valence-electron chi connectivity index (χ2n) is 7.75. The largest absolute Gasteiger partial charge is 0.492 e. The molecule has 1 aromatic heterocycles. The van der Waals surface area contributed by atoms with Gasteiger partial charge in [0.05, 0.1) is 10.6 Å². The molecule has 0 fully saturated rings. The van der Waals surface area contributed by atoms with Crippen molar-refractivity contribution in [2.75, 3.05) is 11.9 Å². The Hall–Kier alpha value is -3.79. The predicted octanol–water partition coefficient (Wildman–Crippen LogP) is 3.48. The van der Waals surface area contributed by atoms with Gasteiger partial charge in [0.15, 0.2) is 0 Å². The predicted molar refractivity (Wildman–Crippen MR) is 132 cm³/mol. The van der Waals surface area contributed by atoms with Crippen LogP contribution in [0.1, 0.15) is 5.56 Å². The molecule has 0 amide bonds. The Morgan fingerprint density at radius 2 is 1.62 bits per heavy atom. The normalized spacial score (nSPS) is 12.2. The third-order valence-electron chi connectivity index (χ3n) is 5.05. The van der Waals surface area contributed by atoms with Crippen molar-refractivity contribution in [3.05, 3.63) is 96.7 Å². The van der Waals surface area contributed by atoms with E-state index in [1.165, 1.54) is 17.7 Å². The summed E-state index contributed by atoms with van der Waals surface area (Å²) in [5, 5.41) is 8.19. The van der Waals surface area contributed by atoms with Crippen molar-refractivity contribution in [2.24, 2.45) is 10.9 Å². The first-order valence-corrected chi connectivity index (χ1v) is 12.2. The fraction of sp³-hybridized carbons (Fsp3) is 0.120. The minimum atomic E-state index is -3.74. The Kier molecular flexibility index (Phi) is 7.17. The molecule has 4 aromatic rings. The maximum absolute atomic E-state index is 11.4. The van der Waals surface area contributed by atoms with Gasteiger partial charge in [-0.25, -0.2) is 23.5 Å². The lowest BCUT2D eigenvalue weighted by Crippen LogP contribution is -2.30. The van der Waals surface area contributed by atoms with Crippen molar-refractivity contribution in [1.29, 1.82) is 0 Å². The van der Waals surface area contributed by atoms with Gasteiger partial charge in [-0.05, 0) is 66.6 Å². The molecule has 174 valence electrons. The van der Waals surface area contributed by atoms with Gasteiger partial charge in [0.2, 0.25) is 16.0 Å². The van der Waals surface area contributed by atoms with Crippen molar-refractivity contribution in [1.82, 2.24) is 9.97 Å². The van der Waals surface area contributed by atoms with E-state index in [-0.39, 0.29) is 10.9 Å². The highest BCUT2D eigenvalue weighted by Gasteiger charge is 2.09. The molecule has 3 aromatic carbocycles. The number of nitrogens with two attached hydrogens (primary N) is 2. The molecule has 0 aliphatic heterocycles. The van der Waals surface area contributed by atoms with Crippen molar-refractivity contribution in [2.45, 2.75) is 17.4 Å². The zero-order valence-electron chi connectivity index (χ0n) is 18.3. The van der Waals surface area contributed by atoms with Crippen LogP contribution in [0.2, 0.25) is 0 Å². The molecule has 0 aliphatic rings. The fourth-order valence-corrected chi connectivity index (χ4v) is 3.85. The zero-order chi connectivity index (χ0) is 24.0. The molecule has 0 spiro atoms. The molecular weight excluding hydrogens is 450 g/mol. The van der Waals surface area contributed by atoms with E-state index < -0.39 is 10.0 Å². The van der Waals surface area contributed by atoms with Crippen LogP contribution in [0.5, 0.6) is 5.75 Å². The first-order valence-electron chi connectivity index (χ1n) is 10.6. The van der Waals surface area contributed by atoms with E-state index in [1.54, 1.807) is 24.4 Å². The van der Waals surface area contributed by atoms with Crippen molar-refractivity contribution < 1.29 is 13.2 Å². The number of benzene rings is 3. The number of hydrogen-bond donors (Lipinski definition) is 3. The highest BCUT2D eigenvalue weighted by atomic mass is 32.2. The number of primary sulfonamides is 1. The number of nitrogens with zero attached hydrogens (tertiary/aromatic N) is 2. The van der Waals surface area contributed by atoms with E-state index in [0.717, 1.165) is 23.4 Å². The number of rotatable bonds is 9. The quantitative estimate of drug-likeness (QED) is 0.337. The van der Waals surface area contributed by atoms with Gasteiger partial charge in [0, 0.05) is 23.5 Å². The standard InChI is InChI=1S/C25H25N5O3S/c26-20(16-18-4-2-1-3-5-18)17-33-22-10-6-19(7-11-22)24-14-15-28-25(30-24)29-21-8-12-23(13-9-21)34(27,31)32/h1-15,20H,16-17,26H2,(H2,27,31,32)(H,28,29,30)/t20-/m0/s1. The van der Waals surface area contributed by atoms with E-state index in [1.807, 2.05) is 42.5 Å². The lowest BCUT2D eigenvalue weighted by atomic mass is 10.1. The Labute approximate surface area is 198 Å². The molecule has 0 bridgehead atoms. The maximum atomic E-state index is 11.4. The van der Waals surface area contributed by atoms with Gasteiger partial charge < -0.3 is 15.8 Å². The van der Waals surface area contributed by atoms with Crippen LogP contribution in [0, 0.1) is 0 Å². The molecule has 0 unspecified atom stereocenters. The van der Waals surface area contributed by atoms with E-state index in [2.05, 4.69) is 27.4 Å². The van der Waals surface area contributed by atoms with Gasteiger partial charge in [-0.15, -0.1) is 0 Å². The third-order valence-corrected chi connectivity index (χ3v) is 5.98. The Morgan fingerprint density at radius 3 is 2.29 bits per heavy atom.